The van der Waals surface area contributed by atoms with Crippen molar-refractivity contribution in [1.82, 2.24) is 5.32 Å². The summed E-state index contributed by atoms with van der Waals surface area (Å²) >= 11 is 0. The number of methoxy groups -OCH3 is 1. The summed E-state index contributed by atoms with van der Waals surface area (Å²) in [5.41, 5.74) is -0.315. The molecule has 1 N–H and O–H groups in total. The molecule has 0 aliphatic carbocycles. The lowest BCUT2D eigenvalue weighted by molar-refractivity contribution is -0.0147. The van der Waals surface area contributed by atoms with Crippen LogP contribution in [0.25, 0.3) is 0 Å². The second kappa shape index (κ2) is 3.56. The maximum absolute atomic E-state index is 5.23. The highest BCUT2D eigenvalue weighted by atomic mass is 16.6. The van der Waals surface area contributed by atoms with Crippen molar-refractivity contribution in [2.45, 2.75) is 31.7 Å². The summed E-state index contributed by atoms with van der Waals surface area (Å²) in [6.45, 7) is 8.52. The molecule has 3 heteroatoms. The Morgan fingerprint density at radius 3 is 2.67 bits per heavy atom. The predicted octanol–water partition coefficient (Wildman–Crippen LogP) is 0.912. The van der Waals surface area contributed by atoms with Crippen LogP contribution >= 0.6 is 0 Å². The van der Waals surface area contributed by atoms with E-state index in [9.17, 15) is 0 Å². The van der Waals surface area contributed by atoms with Crippen molar-refractivity contribution in [3.8, 4) is 0 Å². The molecule has 1 fully saturated rings. The average Bonchev–Trinajstić information content (AvgIpc) is 2.83. The van der Waals surface area contributed by atoms with Gasteiger partial charge in [-0.3, -0.25) is 5.32 Å². The van der Waals surface area contributed by atoms with Gasteiger partial charge in [-0.05, 0) is 13.8 Å². The first-order valence-electron chi connectivity index (χ1n) is 4.16. The largest absolute Gasteiger partial charge is 0.371 e. The number of rotatable bonds is 5. The molecule has 0 aromatic carbocycles. The lowest BCUT2D eigenvalue weighted by Gasteiger charge is -2.28. The van der Waals surface area contributed by atoms with Crippen LogP contribution in [0.1, 0.15) is 13.8 Å². The van der Waals surface area contributed by atoms with Gasteiger partial charge in [-0.1, -0.05) is 6.08 Å². The van der Waals surface area contributed by atoms with Crippen molar-refractivity contribution in [2.24, 2.45) is 0 Å². The zero-order valence-electron chi connectivity index (χ0n) is 7.96. The summed E-state index contributed by atoms with van der Waals surface area (Å²) in [6, 6.07) is 0.194. The Bertz CT molecular complexity index is 164. The quantitative estimate of drug-likeness (QED) is 0.379. The highest BCUT2D eigenvalue weighted by Crippen LogP contribution is 2.17. The van der Waals surface area contributed by atoms with E-state index in [1.165, 1.54) is 0 Å². The Morgan fingerprint density at radius 2 is 2.33 bits per heavy atom. The predicted molar refractivity (Wildman–Crippen MR) is 47.9 cm³/mol. The summed E-state index contributed by atoms with van der Waals surface area (Å²) < 4.78 is 10.4. The second-order valence-electron chi connectivity index (χ2n) is 3.49. The first kappa shape index (κ1) is 9.71. The third-order valence-electron chi connectivity index (χ3n) is 2.04. The number of hydrogen-bond donors (Lipinski definition) is 1. The zero-order chi connectivity index (χ0) is 9.19. The topological polar surface area (TPSA) is 33.8 Å². The van der Waals surface area contributed by atoms with Gasteiger partial charge in [0.15, 0.2) is 0 Å². The van der Waals surface area contributed by atoms with E-state index < -0.39 is 0 Å². The van der Waals surface area contributed by atoms with Crippen molar-refractivity contribution in [2.75, 3.05) is 13.7 Å². The highest BCUT2D eigenvalue weighted by Gasteiger charge is 2.33. The molecule has 0 amide bonds. The van der Waals surface area contributed by atoms with Crippen molar-refractivity contribution >= 4 is 0 Å². The van der Waals surface area contributed by atoms with Gasteiger partial charge in [-0.15, -0.1) is 6.58 Å². The van der Waals surface area contributed by atoms with Gasteiger partial charge in [0.1, 0.15) is 5.72 Å². The van der Waals surface area contributed by atoms with E-state index in [0.717, 1.165) is 6.61 Å². The maximum Gasteiger partial charge on any atom is 0.113 e. The average molecular weight is 171 g/mol. The van der Waals surface area contributed by atoms with Crippen LogP contribution in [0.15, 0.2) is 12.7 Å². The van der Waals surface area contributed by atoms with Gasteiger partial charge < -0.3 is 9.47 Å². The zero-order valence-corrected chi connectivity index (χ0v) is 7.96. The number of ether oxygens (including phenoxy) is 2. The van der Waals surface area contributed by atoms with Crippen molar-refractivity contribution in [1.29, 1.82) is 0 Å². The van der Waals surface area contributed by atoms with Gasteiger partial charge in [0, 0.05) is 7.11 Å². The summed E-state index contributed by atoms with van der Waals surface area (Å²) in [5, 5.41) is 3.29. The van der Waals surface area contributed by atoms with Crippen molar-refractivity contribution < 1.29 is 9.47 Å². The number of nitrogens with one attached hydrogen (secondary N) is 1. The molecule has 70 valence electrons. The Hall–Kier alpha value is -0.380. The van der Waals surface area contributed by atoms with Crippen LogP contribution in [0.3, 0.4) is 0 Å². The lowest BCUT2D eigenvalue weighted by Crippen LogP contribution is -2.48. The fraction of sp³-hybridized carbons (Fsp3) is 0.778. The first-order valence-corrected chi connectivity index (χ1v) is 4.16. The van der Waals surface area contributed by atoms with E-state index in [0.29, 0.717) is 0 Å². The molecule has 1 saturated heterocycles. The van der Waals surface area contributed by atoms with Gasteiger partial charge in [-0.25, -0.2) is 0 Å². The van der Waals surface area contributed by atoms with E-state index in [1.54, 1.807) is 7.11 Å². The molecule has 1 unspecified atom stereocenters. The van der Waals surface area contributed by atoms with E-state index in [1.807, 2.05) is 19.9 Å². The molecule has 1 aliphatic heterocycles. The Balaban J connectivity index is 2.40. The molecule has 0 radical (unpaired) electrons. The van der Waals surface area contributed by atoms with Crippen LogP contribution in [0.4, 0.5) is 0 Å². The van der Waals surface area contributed by atoms with Crippen molar-refractivity contribution in [3.63, 3.8) is 0 Å². The van der Waals surface area contributed by atoms with E-state index in [2.05, 4.69) is 11.9 Å². The highest BCUT2D eigenvalue weighted by molar-refractivity contribution is 4.98. The maximum atomic E-state index is 5.23. The van der Waals surface area contributed by atoms with Crippen LogP contribution in [0.2, 0.25) is 0 Å². The molecule has 12 heavy (non-hydrogen) atoms. The fourth-order valence-corrected chi connectivity index (χ4v) is 1.03. The van der Waals surface area contributed by atoms with Crippen LogP contribution in [-0.2, 0) is 9.47 Å². The third kappa shape index (κ3) is 2.59. The molecule has 2 atom stereocenters. The number of epoxide rings is 1. The summed E-state index contributed by atoms with van der Waals surface area (Å²) in [4.78, 5) is 0. The first-order chi connectivity index (χ1) is 5.59. The minimum Gasteiger partial charge on any atom is -0.371 e. The minimum atomic E-state index is -0.315. The van der Waals surface area contributed by atoms with Gasteiger partial charge in [0.25, 0.3) is 0 Å². The SMILES string of the molecule is C=C[C@@H](NC(C)(C)OC)C1CO1. The molecule has 3 nitrogen and oxygen atoms in total. The van der Waals surface area contributed by atoms with E-state index in [-0.39, 0.29) is 17.9 Å². The third-order valence-corrected chi connectivity index (χ3v) is 2.04. The van der Waals surface area contributed by atoms with Crippen LogP contribution in [-0.4, -0.2) is 31.6 Å². The molecule has 1 aliphatic rings. The second-order valence-corrected chi connectivity index (χ2v) is 3.49. The van der Waals surface area contributed by atoms with Gasteiger partial charge >= 0.3 is 0 Å². The standard InChI is InChI=1S/C9H17NO2/c1-5-7(8-6-12-8)10-9(2,3)11-4/h5,7-8,10H,1,6H2,2-4H3/t7-,8?/m1/s1. The normalized spacial score (nSPS) is 25.1. The van der Waals surface area contributed by atoms with E-state index in [4.69, 9.17) is 9.47 Å². The van der Waals surface area contributed by atoms with Crippen LogP contribution < -0.4 is 5.32 Å². The molecule has 0 spiro atoms. The molecule has 1 rings (SSSR count). The molecule has 0 aromatic heterocycles. The van der Waals surface area contributed by atoms with Gasteiger partial charge in [-0.2, -0.15) is 0 Å². The molecule has 1 heterocycles. The lowest BCUT2D eigenvalue weighted by atomic mass is 10.1. The molecular weight excluding hydrogens is 154 g/mol. The monoisotopic (exact) mass is 171 g/mol. The Labute approximate surface area is 73.7 Å². The molecule has 0 saturated carbocycles. The van der Waals surface area contributed by atoms with Crippen LogP contribution in [0.5, 0.6) is 0 Å². The molecule has 0 bridgehead atoms. The van der Waals surface area contributed by atoms with Crippen molar-refractivity contribution in [3.05, 3.63) is 12.7 Å². The Morgan fingerprint density at radius 1 is 1.75 bits per heavy atom. The van der Waals surface area contributed by atoms with Crippen LogP contribution in [0, 0.1) is 0 Å². The number of hydrogen-bond acceptors (Lipinski definition) is 3. The van der Waals surface area contributed by atoms with Gasteiger partial charge in [0.05, 0.1) is 18.8 Å². The summed E-state index contributed by atoms with van der Waals surface area (Å²) in [7, 11) is 1.68. The fourth-order valence-electron chi connectivity index (χ4n) is 1.03. The smallest absolute Gasteiger partial charge is 0.113 e. The minimum absolute atomic E-state index is 0.194. The van der Waals surface area contributed by atoms with E-state index >= 15 is 0 Å². The molecular formula is C9H17NO2. The molecule has 0 aromatic rings. The summed E-state index contributed by atoms with van der Waals surface area (Å²) in [6.07, 6.45) is 2.15. The Kier molecular flexibility index (Phi) is 2.88. The van der Waals surface area contributed by atoms with Gasteiger partial charge in [0.2, 0.25) is 0 Å². The summed E-state index contributed by atoms with van der Waals surface area (Å²) in [5.74, 6) is 0.